The molecule has 0 bridgehead atoms. The van der Waals surface area contributed by atoms with Gasteiger partial charge in [0.1, 0.15) is 5.65 Å². The van der Waals surface area contributed by atoms with Crippen molar-refractivity contribution in [3.05, 3.63) is 60.2 Å². The van der Waals surface area contributed by atoms with Crippen molar-refractivity contribution in [3.8, 4) is 5.88 Å². The maximum atomic E-state index is 12.0. The fourth-order valence-electron chi connectivity index (χ4n) is 2.17. The Labute approximate surface area is 127 Å². The summed E-state index contributed by atoms with van der Waals surface area (Å²) < 4.78 is 6.95. The summed E-state index contributed by atoms with van der Waals surface area (Å²) in [5.41, 5.74) is 2.52. The van der Waals surface area contributed by atoms with Crippen LogP contribution in [-0.4, -0.2) is 27.4 Å². The van der Waals surface area contributed by atoms with Crippen LogP contribution in [0.1, 0.15) is 11.3 Å². The lowest BCUT2D eigenvalue weighted by Gasteiger charge is -2.05. The fraction of sp³-hybridized carbons (Fsp3) is 0.188. The van der Waals surface area contributed by atoms with E-state index in [4.69, 9.17) is 4.74 Å². The van der Waals surface area contributed by atoms with Crippen LogP contribution < -0.4 is 10.1 Å². The Morgan fingerprint density at radius 1 is 1.36 bits per heavy atom. The monoisotopic (exact) mass is 296 g/mol. The minimum Gasteiger partial charge on any atom is -0.481 e. The number of pyridine rings is 2. The lowest BCUT2D eigenvalue weighted by atomic mass is 10.2. The average molecular weight is 296 g/mol. The summed E-state index contributed by atoms with van der Waals surface area (Å²) in [6.07, 6.45) is 5.68. The first-order valence-corrected chi connectivity index (χ1v) is 6.93. The Bertz CT molecular complexity index is 764. The normalized spacial score (nSPS) is 10.6. The molecule has 0 aliphatic rings. The molecule has 0 saturated heterocycles. The molecule has 3 aromatic heterocycles. The number of rotatable bonds is 5. The van der Waals surface area contributed by atoms with Crippen LogP contribution in [0.2, 0.25) is 0 Å². The maximum absolute atomic E-state index is 12.0. The molecule has 3 heterocycles. The molecular formula is C16H16N4O2. The van der Waals surface area contributed by atoms with Crippen LogP contribution >= 0.6 is 0 Å². The second kappa shape index (κ2) is 6.26. The molecule has 0 radical (unpaired) electrons. The largest absolute Gasteiger partial charge is 0.481 e. The summed E-state index contributed by atoms with van der Waals surface area (Å²) in [4.78, 5) is 20.4. The van der Waals surface area contributed by atoms with Crippen LogP contribution in [0.4, 0.5) is 0 Å². The summed E-state index contributed by atoms with van der Waals surface area (Å²) >= 11 is 0. The highest BCUT2D eigenvalue weighted by molar-refractivity contribution is 5.78. The van der Waals surface area contributed by atoms with E-state index < -0.39 is 0 Å². The Morgan fingerprint density at radius 2 is 2.27 bits per heavy atom. The minimum atomic E-state index is -0.0702. The second-order valence-corrected chi connectivity index (χ2v) is 4.86. The van der Waals surface area contributed by atoms with E-state index in [1.807, 2.05) is 41.1 Å². The molecule has 0 unspecified atom stereocenters. The molecule has 0 atom stereocenters. The maximum Gasteiger partial charge on any atom is 0.226 e. The number of hydrogen-bond acceptors (Lipinski definition) is 4. The first-order valence-electron chi connectivity index (χ1n) is 6.93. The molecule has 6 heteroatoms. The van der Waals surface area contributed by atoms with Crippen LogP contribution in [0.5, 0.6) is 5.88 Å². The van der Waals surface area contributed by atoms with Gasteiger partial charge in [-0.3, -0.25) is 4.79 Å². The van der Waals surface area contributed by atoms with Gasteiger partial charge in [-0.25, -0.2) is 9.97 Å². The quantitative estimate of drug-likeness (QED) is 0.776. The molecule has 0 aliphatic carbocycles. The lowest BCUT2D eigenvalue weighted by Crippen LogP contribution is -2.24. The first-order chi connectivity index (χ1) is 10.7. The molecule has 1 N–H and O–H groups in total. The van der Waals surface area contributed by atoms with E-state index >= 15 is 0 Å². The first kappa shape index (κ1) is 14.1. The number of methoxy groups -OCH3 is 1. The van der Waals surface area contributed by atoms with E-state index in [0.717, 1.165) is 16.9 Å². The van der Waals surface area contributed by atoms with E-state index in [9.17, 15) is 4.79 Å². The zero-order valence-corrected chi connectivity index (χ0v) is 12.2. The number of ether oxygens (including phenoxy) is 1. The molecular weight excluding hydrogens is 280 g/mol. The van der Waals surface area contributed by atoms with Crippen LogP contribution in [0.15, 0.2) is 48.9 Å². The van der Waals surface area contributed by atoms with Gasteiger partial charge in [0.25, 0.3) is 0 Å². The van der Waals surface area contributed by atoms with Crippen molar-refractivity contribution >= 4 is 11.6 Å². The van der Waals surface area contributed by atoms with Crippen LogP contribution in [0.3, 0.4) is 0 Å². The highest BCUT2D eigenvalue weighted by Gasteiger charge is 2.07. The number of nitrogens with zero attached hydrogens (tertiary/aromatic N) is 3. The predicted octanol–water partition coefficient (Wildman–Crippen LogP) is 1.60. The van der Waals surface area contributed by atoms with Gasteiger partial charge >= 0.3 is 0 Å². The van der Waals surface area contributed by atoms with Crippen molar-refractivity contribution < 1.29 is 9.53 Å². The van der Waals surface area contributed by atoms with Gasteiger partial charge in [-0.2, -0.15) is 0 Å². The van der Waals surface area contributed by atoms with Crippen LogP contribution in [0.25, 0.3) is 5.65 Å². The van der Waals surface area contributed by atoms with E-state index in [0.29, 0.717) is 12.4 Å². The lowest BCUT2D eigenvalue weighted by molar-refractivity contribution is -0.120. The highest BCUT2D eigenvalue weighted by Crippen LogP contribution is 2.08. The third-order valence-corrected chi connectivity index (χ3v) is 3.25. The van der Waals surface area contributed by atoms with Gasteiger partial charge in [0.15, 0.2) is 0 Å². The van der Waals surface area contributed by atoms with Crippen molar-refractivity contribution in [2.24, 2.45) is 0 Å². The Kier molecular flexibility index (Phi) is 4.00. The van der Waals surface area contributed by atoms with E-state index in [-0.39, 0.29) is 12.3 Å². The Morgan fingerprint density at radius 3 is 3.09 bits per heavy atom. The Balaban J connectivity index is 1.60. The van der Waals surface area contributed by atoms with Gasteiger partial charge < -0.3 is 14.5 Å². The summed E-state index contributed by atoms with van der Waals surface area (Å²) in [6.45, 7) is 0.436. The van der Waals surface area contributed by atoms with Crippen molar-refractivity contribution in [2.45, 2.75) is 13.0 Å². The van der Waals surface area contributed by atoms with E-state index in [1.165, 1.54) is 0 Å². The summed E-state index contributed by atoms with van der Waals surface area (Å²) in [5.74, 6) is 0.464. The van der Waals surface area contributed by atoms with Gasteiger partial charge in [-0.05, 0) is 23.8 Å². The number of carbonyl (C=O) groups excluding carboxylic acids is 1. The molecule has 0 aliphatic heterocycles. The number of hydrogen-bond donors (Lipinski definition) is 1. The van der Waals surface area contributed by atoms with Gasteiger partial charge in [0.05, 0.1) is 19.2 Å². The number of fused-ring (bicyclic) bond motifs is 1. The van der Waals surface area contributed by atoms with Crippen molar-refractivity contribution in [1.82, 2.24) is 19.7 Å². The number of amides is 1. The van der Waals surface area contributed by atoms with Gasteiger partial charge in [-0.15, -0.1) is 0 Å². The average Bonchev–Trinajstić information content (AvgIpc) is 2.95. The zero-order chi connectivity index (χ0) is 15.4. The minimum absolute atomic E-state index is 0.0702. The fourth-order valence-corrected chi connectivity index (χ4v) is 2.17. The van der Waals surface area contributed by atoms with Crippen LogP contribution in [-0.2, 0) is 17.8 Å². The summed E-state index contributed by atoms with van der Waals surface area (Å²) in [7, 11) is 1.56. The smallest absolute Gasteiger partial charge is 0.226 e. The SMILES string of the molecule is COc1cc(CNC(=O)Cc2cn3ccccc3n2)ccn1. The molecule has 1 amide bonds. The molecule has 3 aromatic rings. The summed E-state index contributed by atoms with van der Waals surface area (Å²) in [6, 6.07) is 9.39. The standard InChI is InChI=1S/C16H16N4O2/c1-22-16-8-12(5-6-17-16)10-18-15(21)9-13-11-20-7-3-2-4-14(20)19-13/h2-8,11H,9-10H2,1H3,(H,18,21). The number of nitrogens with one attached hydrogen (secondary N) is 1. The summed E-state index contributed by atoms with van der Waals surface area (Å²) in [5, 5.41) is 2.87. The number of aromatic nitrogens is 3. The number of carbonyl (C=O) groups is 1. The van der Waals surface area contributed by atoms with Gasteiger partial charge in [0, 0.05) is 31.2 Å². The Hall–Kier alpha value is -2.89. The molecule has 0 saturated carbocycles. The van der Waals surface area contributed by atoms with Crippen molar-refractivity contribution in [3.63, 3.8) is 0 Å². The topological polar surface area (TPSA) is 68.5 Å². The van der Waals surface area contributed by atoms with E-state index in [2.05, 4.69) is 15.3 Å². The highest BCUT2D eigenvalue weighted by atomic mass is 16.5. The predicted molar refractivity (Wildman–Crippen MR) is 81.5 cm³/mol. The second-order valence-electron chi connectivity index (χ2n) is 4.86. The van der Waals surface area contributed by atoms with Crippen molar-refractivity contribution in [1.29, 1.82) is 0 Å². The third kappa shape index (κ3) is 3.22. The molecule has 6 nitrogen and oxygen atoms in total. The third-order valence-electron chi connectivity index (χ3n) is 3.25. The van der Waals surface area contributed by atoms with Crippen LogP contribution in [0, 0.1) is 0 Å². The zero-order valence-electron chi connectivity index (χ0n) is 12.2. The molecule has 0 aromatic carbocycles. The number of imidazole rings is 1. The van der Waals surface area contributed by atoms with Gasteiger partial charge in [-0.1, -0.05) is 6.07 Å². The van der Waals surface area contributed by atoms with Gasteiger partial charge in [0.2, 0.25) is 11.8 Å². The molecule has 112 valence electrons. The molecule has 22 heavy (non-hydrogen) atoms. The molecule has 3 rings (SSSR count). The molecule has 0 fully saturated rings. The van der Waals surface area contributed by atoms with E-state index in [1.54, 1.807) is 19.4 Å². The molecule has 0 spiro atoms. The van der Waals surface area contributed by atoms with Crippen molar-refractivity contribution in [2.75, 3.05) is 7.11 Å².